The topological polar surface area (TPSA) is 165 Å². The minimum atomic E-state index is -1.41. The Balaban J connectivity index is 2.08. The van der Waals surface area contributed by atoms with E-state index < -0.39 is 71.7 Å². The first kappa shape index (κ1) is 27.0. The molecule has 1 aromatic heterocycles. The van der Waals surface area contributed by atoms with Crippen LogP contribution in [0.25, 0.3) is 11.0 Å². The van der Waals surface area contributed by atoms with E-state index in [1.165, 1.54) is 12.1 Å². The monoisotopic (exact) mass is 524 g/mol. The molecule has 0 aliphatic carbocycles. The minimum Gasteiger partial charge on any atom is -0.506 e. The number of ether oxygens (including phenoxy) is 5. The van der Waals surface area contributed by atoms with Gasteiger partial charge in [0.15, 0.2) is 18.3 Å². The number of hydrogen-bond acceptors (Lipinski definition) is 13. The van der Waals surface area contributed by atoms with Crippen LogP contribution in [-0.4, -0.2) is 65.4 Å². The molecule has 0 bridgehead atoms. The number of carbonyl (C=O) groups is 4. The van der Waals surface area contributed by atoms with Gasteiger partial charge in [-0.3, -0.25) is 19.2 Å². The van der Waals surface area contributed by atoms with Gasteiger partial charge < -0.3 is 33.2 Å². The maximum absolute atomic E-state index is 12.7. The third-order valence-corrected chi connectivity index (χ3v) is 6.13. The van der Waals surface area contributed by atoms with Crippen LogP contribution in [0.1, 0.15) is 27.7 Å². The summed E-state index contributed by atoms with van der Waals surface area (Å²) in [7, 11) is 0. The van der Waals surface area contributed by atoms with E-state index in [0.29, 0.717) is 11.8 Å². The molecule has 1 saturated heterocycles. The fourth-order valence-corrected chi connectivity index (χ4v) is 4.75. The fraction of sp³-hybridized carbons (Fsp3) is 0.435. The first-order chi connectivity index (χ1) is 17.0. The summed E-state index contributed by atoms with van der Waals surface area (Å²) in [6.07, 6.45) is -5.34. The molecule has 0 radical (unpaired) electrons. The highest BCUT2D eigenvalue weighted by Gasteiger charge is 2.52. The average Bonchev–Trinajstić information content (AvgIpc) is 2.78. The third-order valence-electron chi connectivity index (χ3n) is 4.93. The van der Waals surface area contributed by atoms with E-state index in [0.717, 1.165) is 27.7 Å². The smallest absolute Gasteiger partial charge is 0.353 e. The summed E-state index contributed by atoms with van der Waals surface area (Å²) in [6.45, 7) is 4.03. The standard InChI is InChI=1S/C23H24O12S/c1-10(24)30-9-16-18(31-11(2)25)19(32-12(3)26)20(33-13(4)27)23(35-16)36-21-17(28)14-7-5-6-8-15(14)34-22(21)29/h5-8,16,18-20,23,28H,9H2,1-4H3/t16-,18+,19-,20-,23+/m1/s1. The Morgan fingerprint density at radius 2 is 1.47 bits per heavy atom. The molecule has 12 nitrogen and oxygen atoms in total. The lowest BCUT2D eigenvalue weighted by atomic mass is 9.99. The van der Waals surface area contributed by atoms with E-state index >= 15 is 0 Å². The van der Waals surface area contributed by atoms with Gasteiger partial charge in [-0.25, -0.2) is 4.79 Å². The normalized spacial score (nSPS) is 23.5. The molecule has 0 spiro atoms. The SMILES string of the molecule is CC(=O)OC[C@H]1O[C@@H](Sc2c(O)c3ccccc3oc2=O)[C@H](OC(C)=O)[C@H](OC(C)=O)[C@H]1OC(C)=O. The van der Waals surface area contributed by atoms with Crippen molar-refractivity contribution in [3.8, 4) is 5.75 Å². The van der Waals surface area contributed by atoms with E-state index in [9.17, 15) is 29.1 Å². The molecule has 0 amide bonds. The second-order valence-corrected chi connectivity index (χ2v) is 8.86. The van der Waals surface area contributed by atoms with Crippen LogP contribution in [0, 0.1) is 0 Å². The summed E-state index contributed by atoms with van der Waals surface area (Å²) in [5.74, 6) is -3.42. The highest BCUT2D eigenvalue weighted by Crippen LogP contribution is 2.41. The Labute approximate surface area is 208 Å². The highest BCUT2D eigenvalue weighted by atomic mass is 32.2. The lowest BCUT2D eigenvalue weighted by molar-refractivity contribution is -0.237. The Morgan fingerprint density at radius 3 is 2.08 bits per heavy atom. The predicted molar refractivity (Wildman–Crippen MR) is 122 cm³/mol. The zero-order valence-electron chi connectivity index (χ0n) is 19.7. The van der Waals surface area contributed by atoms with Crippen LogP contribution in [0.5, 0.6) is 5.75 Å². The van der Waals surface area contributed by atoms with Crippen LogP contribution >= 0.6 is 11.8 Å². The Hall–Kier alpha value is -3.58. The van der Waals surface area contributed by atoms with Crippen molar-refractivity contribution >= 4 is 46.6 Å². The summed E-state index contributed by atoms with van der Waals surface area (Å²) in [4.78, 5) is 59.5. The van der Waals surface area contributed by atoms with Crippen LogP contribution < -0.4 is 5.63 Å². The van der Waals surface area contributed by atoms with Crippen molar-refractivity contribution in [1.29, 1.82) is 0 Å². The van der Waals surface area contributed by atoms with E-state index in [1.54, 1.807) is 12.1 Å². The van der Waals surface area contributed by atoms with Crippen molar-refractivity contribution in [2.24, 2.45) is 0 Å². The largest absolute Gasteiger partial charge is 0.506 e. The molecule has 2 heterocycles. The van der Waals surface area contributed by atoms with E-state index in [1.807, 2.05) is 0 Å². The van der Waals surface area contributed by atoms with Crippen molar-refractivity contribution in [2.75, 3.05) is 6.61 Å². The zero-order valence-corrected chi connectivity index (χ0v) is 20.6. The van der Waals surface area contributed by atoms with Gasteiger partial charge in [-0.2, -0.15) is 0 Å². The highest BCUT2D eigenvalue weighted by molar-refractivity contribution is 8.00. The minimum absolute atomic E-state index is 0.144. The van der Waals surface area contributed by atoms with Gasteiger partial charge in [-0.15, -0.1) is 0 Å². The second kappa shape index (κ2) is 11.4. The number of thioether (sulfide) groups is 1. The van der Waals surface area contributed by atoms with Crippen molar-refractivity contribution in [2.45, 2.75) is 62.4 Å². The first-order valence-corrected chi connectivity index (χ1v) is 11.6. The Kier molecular flexibility index (Phi) is 8.58. The molecule has 1 aromatic carbocycles. The molecule has 2 aromatic rings. The maximum atomic E-state index is 12.7. The molecular weight excluding hydrogens is 500 g/mol. The maximum Gasteiger partial charge on any atom is 0.353 e. The van der Waals surface area contributed by atoms with Gasteiger partial charge in [-0.05, 0) is 12.1 Å². The van der Waals surface area contributed by atoms with Crippen molar-refractivity contribution in [1.82, 2.24) is 0 Å². The van der Waals surface area contributed by atoms with E-state index in [2.05, 4.69) is 0 Å². The molecule has 1 aliphatic rings. The number of hydrogen-bond donors (Lipinski definition) is 1. The fourth-order valence-electron chi connectivity index (χ4n) is 3.62. The summed E-state index contributed by atoms with van der Waals surface area (Å²) in [5, 5.41) is 11.0. The third kappa shape index (κ3) is 6.34. The molecule has 1 fully saturated rings. The second-order valence-electron chi connectivity index (χ2n) is 7.75. The van der Waals surface area contributed by atoms with Gasteiger partial charge in [0.05, 0.1) is 5.39 Å². The molecule has 13 heteroatoms. The first-order valence-electron chi connectivity index (χ1n) is 10.7. The van der Waals surface area contributed by atoms with Crippen LogP contribution in [0.15, 0.2) is 38.4 Å². The van der Waals surface area contributed by atoms with Crippen LogP contribution in [0.3, 0.4) is 0 Å². The molecule has 3 rings (SSSR count). The predicted octanol–water partition coefficient (Wildman–Crippen LogP) is 1.67. The summed E-state index contributed by atoms with van der Waals surface area (Å²) in [5.41, 5.74) is -2.05. The quantitative estimate of drug-likeness (QED) is 0.316. The van der Waals surface area contributed by atoms with Crippen molar-refractivity contribution < 1.29 is 52.4 Å². The van der Waals surface area contributed by atoms with Gasteiger partial charge in [-0.1, -0.05) is 23.9 Å². The zero-order chi connectivity index (χ0) is 26.6. The molecule has 1 N–H and O–H groups in total. The molecule has 5 atom stereocenters. The van der Waals surface area contributed by atoms with Gasteiger partial charge >= 0.3 is 29.5 Å². The summed E-state index contributed by atoms with van der Waals surface area (Å²) in [6, 6.07) is 6.28. The van der Waals surface area contributed by atoms with E-state index in [4.69, 9.17) is 28.1 Å². The summed E-state index contributed by atoms with van der Waals surface area (Å²) >= 11 is 0.645. The number of esters is 4. The number of carbonyl (C=O) groups excluding carboxylic acids is 4. The molecule has 36 heavy (non-hydrogen) atoms. The number of rotatable bonds is 7. The molecule has 194 valence electrons. The van der Waals surface area contributed by atoms with Gasteiger partial charge in [0.1, 0.15) is 34.4 Å². The van der Waals surface area contributed by atoms with Crippen LogP contribution in [0.2, 0.25) is 0 Å². The van der Waals surface area contributed by atoms with Gasteiger partial charge in [0, 0.05) is 27.7 Å². The summed E-state index contributed by atoms with van der Waals surface area (Å²) < 4.78 is 32.3. The molecular formula is C23H24O12S. The Bertz CT molecular complexity index is 1220. The molecule has 0 unspecified atom stereocenters. The van der Waals surface area contributed by atoms with Crippen molar-refractivity contribution in [3.05, 3.63) is 34.7 Å². The lowest BCUT2D eigenvalue weighted by Gasteiger charge is -2.44. The van der Waals surface area contributed by atoms with Crippen LogP contribution in [0.4, 0.5) is 0 Å². The number of para-hydroxylation sites is 1. The van der Waals surface area contributed by atoms with Gasteiger partial charge in [0.25, 0.3) is 0 Å². The average molecular weight is 525 g/mol. The van der Waals surface area contributed by atoms with E-state index in [-0.39, 0.29) is 15.9 Å². The number of benzene rings is 1. The van der Waals surface area contributed by atoms with Gasteiger partial charge in [0.2, 0.25) is 0 Å². The van der Waals surface area contributed by atoms with Crippen LogP contribution in [-0.2, 0) is 42.9 Å². The number of fused-ring (bicyclic) bond motifs is 1. The molecule has 0 saturated carbocycles. The number of aromatic hydroxyl groups is 1. The van der Waals surface area contributed by atoms with Crippen molar-refractivity contribution in [3.63, 3.8) is 0 Å². The lowest BCUT2D eigenvalue weighted by Crippen LogP contribution is -2.61. The molecule has 1 aliphatic heterocycles. The Morgan fingerprint density at radius 1 is 0.889 bits per heavy atom.